The molecule has 4 nitrogen and oxygen atoms in total. The third-order valence-corrected chi connectivity index (χ3v) is 11.5. The van der Waals surface area contributed by atoms with E-state index in [-0.39, 0.29) is 34.0 Å². The van der Waals surface area contributed by atoms with Crippen LogP contribution >= 0.6 is 0 Å². The SMILES string of the molecule is [2H]c1nc(-c2cc(-c3cccc4c3nc(-c3cc(C(C)(C)C)cc(C(C)(C)C)c3O)n4-c3ccc(-c4ccccc4)c(CC(C)C)c3)cc(C(C)(C)C)c2)c([2H])c(-c2c([2H])c([2H])c([2H])c([2H])c2[2H])c1[2H]. The van der Waals surface area contributed by atoms with Crippen LogP contribution in [0.15, 0.2) is 146 Å². The zero-order valence-corrected chi connectivity index (χ0v) is 37.8. The summed E-state index contributed by atoms with van der Waals surface area (Å²) in [6, 6.07) is 29.3. The largest absolute Gasteiger partial charge is 0.507 e. The van der Waals surface area contributed by atoms with Gasteiger partial charge in [-0.1, -0.05) is 167 Å². The summed E-state index contributed by atoms with van der Waals surface area (Å²) in [7, 11) is 0. The molecule has 0 aliphatic heterocycles. The first-order valence-electron chi connectivity index (χ1n) is 25.5. The monoisotopic (exact) mass is 824 g/mol. The van der Waals surface area contributed by atoms with Gasteiger partial charge >= 0.3 is 0 Å². The number of phenolic OH excluding ortho intramolecular Hbond substituents is 1. The van der Waals surface area contributed by atoms with Crippen LogP contribution in [0, 0.1) is 5.92 Å². The molecule has 0 radical (unpaired) electrons. The fourth-order valence-corrected chi connectivity index (χ4v) is 8.12. The van der Waals surface area contributed by atoms with Gasteiger partial charge in [0.2, 0.25) is 0 Å². The molecule has 0 spiro atoms. The van der Waals surface area contributed by atoms with Crippen molar-refractivity contribution in [3.05, 3.63) is 168 Å². The quantitative estimate of drug-likeness (QED) is 0.166. The molecule has 0 aliphatic rings. The number of aromatic nitrogens is 3. The molecule has 0 fully saturated rings. The number of para-hydroxylation sites is 1. The number of fused-ring (bicyclic) bond motifs is 1. The summed E-state index contributed by atoms with van der Waals surface area (Å²) >= 11 is 0. The minimum Gasteiger partial charge on any atom is -0.507 e. The van der Waals surface area contributed by atoms with Gasteiger partial charge in [-0.25, -0.2) is 4.98 Å². The van der Waals surface area contributed by atoms with Crippen LogP contribution in [0.25, 0.3) is 72.7 Å². The van der Waals surface area contributed by atoms with Gasteiger partial charge in [-0.3, -0.25) is 9.55 Å². The summed E-state index contributed by atoms with van der Waals surface area (Å²) in [4.78, 5) is 10.0. The molecule has 0 aliphatic carbocycles. The normalized spacial score (nSPS) is 14.2. The van der Waals surface area contributed by atoms with Crippen LogP contribution in [0.3, 0.4) is 0 Å². The van der Waals surface area contributed by atoms with E-state index >= 15 is 0 Å². The molecule has 8 rings (SSSR count). The highest BCUT2D eigenvalue weighted by molar-refractivity contribution is 5.97. The molecule has 314 valence electrons. The number of hydrogen-bond acceptors (Lipinski definition) is 3. The van der Waals surface area contributed by atoms with Gasteiger partial charge in [0.25, 0.3) is 0 Å². The predicted molar refractivity (Wildman–Crippen MR) is 262 cm³/mol. The standard InChI is InChI=1S/C58H61N3O/c1-37(2)29-41-33-46(25-26-47(41)39-21-16-13-17-22-39)61-52-24-18-23-48(53(52)60-55(61)49-35-45(57(6,7)8)36-50(54(49)62)58(9,10)11)42-30-43(32-44(31-42)56(3,4)5)51-34-40(27-28-59-51)38-19-14-12-15-20-38/h12-28,30-37,62H,29H2,1-11H3/i12D,14D,15D,19D,20D,27D,28D,34D. The first kappa shape index (κ1) is 33.4. The van der Waals surface area contributed by atoms with E-state index in [2.05, 4.69) is 146 Å². The van der Waals surface area contributed by atoms with Gasteiger partial charge in [0.1, 0.15) is 11.6 Å². The van der Waals surface area contributed by atoms with Crippen molar-refractivity contribution in [2.75, 3.05) is 0 Å². The van der Waals surface area contributed by atoms with Crippen LogP contribution in [0.5, 0.6) is 5.75 Å². The summed E-state index contributed by atoms with van der Waals surface area (Å²) in [6.07, 6.45) is 0.334. The van der Waals surface area contributed by atoms with Crippen molar-refractivity contribution in [2.45, 2.75) is 98.8 Å². The summed E-state index contributed by atoms with van der Waals surface area (Å²) in [5.74, 6) is 1.09. The Morgan fingerprint density at radius 1 is 0.613 bits per heavy atom. The van der Waals surface area contributed by atoms with Crippen molar-refractivity contribution in [1.82, 2.24) is 14.5 Å². The number of pyridine rings is 1. The molecule has 0 saturated carbocycles. The lowest BCUT2D eigenvalue weighted by molar-refractivity contribution is 0.446. The lowest BCUT2D eigenvalue weighted by Gasteiger charge is -2.27. The lowest BCUT2D eigenvalue weighted by Crippen LogP contribution is -2.17. The number of aromatic hydroxyl groups is 1. The third-order valence-electron chi connectivity index (χ3n) is 11.5. The summed E-state index contributed by atoms with van der Waals surface area (Å²) < 4.78 is 71.8. The van der Waals surface area contributed by atoms with Crippen molar-refractivity contribution in [3.63, 3.8) is 0 Å². The first-order chi connectivity index (χ1) is 32.7. The maximum Gasteiger partial charge on any atom is 0.149 e. The second-order valence-corrected chi connectivity index (χ2v) is 19.9. The van der Waals surface area contributed by atoms with E-state index in [9.17, 15) is 6.48 Å². The van der Waals surface area contributed by atoms with Gasteiger partial charge in [0, 0.05) is 28.6 Å². The molecule has 2 heterocycles. The number of rotatable bonds is 8. The van der Waals surface area contributed by atoms with Crippen LogP contribution in [-0.2, 0) is 22.7 Å². The van der Waals surface area contributed by atoms with Crippen molar-refractivity contribution in [3.8, 4) is 67.5 Å². The molecular weight excluding hydrogens is 755 g/mol. The lowest BCUT2D eigenvalue weighted by atomic mass is 9.79. The van der Waals surface area contributed by atoms with E-state index in [1.54, 1.807) is 0 Å². The van der Waals surface area contributed by atoms with Crippen molar-refractivity contribution in [1.29, 1.82) is 0 Å². The van der Waals surface area contributed by atoms with Crippen LogP contribution in [0.4, 0.5) is 0 Å². The Labute approximate surface area is 380 Å². The maximum absolute atomic E-state index is 12.5. The number of nitrogens with zero attached hydrogens (tertiary/aromatic N) is 3. The van der Waals surface area contributed by atoms with Gasteiger partial charge in [-0.2, -0.15) is 0 Å². The van der Waals surface area contributed by atoms with Crippen LogP contribution in [-0.4, -0.2) is 19.6 Å². The molecular formula is C58H61N3O. The number of hydrogen-bond donors (Lipinski definition) is 1. The van der Waals surface area contributed by atoms with E-state index in [0.29, 0.717) is 28.4 Å². The van der Waals surface area contributed by atoms with E-state index in [1.165, 1.54) is 5.56 Å². The van der Waals surface area contributed by atoms with Gasteiger partial charge < -0.3 is 5.11 Å². The zero-order chi connectivity index (χ0) is 51.1. The first-order valence-corrected chi connectivity index (χ1v) is 21.5. The molecule has 62 heavy (non-hydrogen) atoms. The highest BCUT2D eigenvalue weighted by atomic mass is 16.3. The third kappa shape index (κ3) is 8.48. The minimum atomic E-state index is -0.597. The number of benzene rings is 6. The predicted octanol–water partition coefficient (Wildman–Crippen LogP) is 15.6. The molecule has 2 aromatic heterocycles. The smallest absolute Gasteiger partial charge is 0.149 e. The summed E-state index contributed by atoms with van der Waals surface area (Å²) in [6.45, 7) is 23.5. The van der Waals surface area contributed by atoms with E-state index in [1.807, 2.05) is 36.4 Å². The Kier molecular flexibility index (Phi) is 8.73. The van der Waals surface area contributed by atoms with Crippen LogP contribution < -0.4 is 0 Å². The number of imidazole rings is 1. The molecule has 8 aromatic rings. The van der Waals surface area contributed by atoms with Crippen LogP contribution in [0.2, 0.25) is 0 Å². The topological polar surface area (TPSA) is 50.9 Å². The minimum absolute atomic E-state index is 0.0309. The van der Waals surface area contributed by atoms with Gasteiger partial charge in [-0.15, -0.1) is 0 Å². The van der Waals surface area contributed by atoms with Gasteiger partial charge in [0.05, 0.1) is 33.3 Å². The highest BCUT2D eigenvalue weighted by Gasteiger charge is 2.29. The average Bonchev–Trinajstić information content (AvgIpc) is 3.68. The average molecular weight is 824 g/mol. The maximum atomic E-state index is 12.5. The number of phenols is 1. The van der Waals surface area contributed by atoms with Crippen molar-refractivity contribution >= 4 is 11.0 Å². The molecule has 0 atom stereocenters. The molecule has 0 unspecified atom stereocenters. The van der Waals surface area contributed by atoms with Crippen molar-refractivity contribution in [2.24, 2.45) is 5.92 Å². The van der Waals surface area contributed by atoms with Crippen LogP contribution in [0.1, 0.15) is 109 Å². The van der Waals surface area contributed by atoms with E-state index in [0.717, 1.165) is 56.6 Å². The highest BCUT2D eigenvalue weighted by Crippen LogP contribution is 2.45. The molecule has 0 saturated heterocycles. The van der Waals surface area contributed by atoms with Gasteiger partial charge in [-0.05, 0) is 122 Å². The molecule has 0 amide bonds. The Balaban J connectivity index is 1.46. The molecule has 0 bridgehead atoms. The second-order valence-electron chi connectivity index (χ2n) is 19.9. The molecule has 1 N–H and O–H groups in total. The zero-order valence-electron chi connectivity index (χ0n) is 45.8. The van der Waals surface area contributed by atoms with E-state index in [4.69, 9.17) is 14.6 Å². The Bertz CT molecular complexity index is 3350. The fourth-order valence-electron chi connectivity index (χ4n) is 8.12. The van der Waals surface area contributed by atoms with Gasteiger partial charge in [0.15, 0.2) is 0 Å². The van der Waals surface area contributed by atoms with E-state index < -0.39 is 53.3 Å². The summed E-state index contributed by atoms with van der Waals surface area (Å²) in [5, 5.41) is 12.5. The Morgan fingerprint density at radius 3 is 1.98 bits per heavy atom. The van der Waals surface area contributed by atoms with Crippen molar-refractivity contribution < 1.29 is 16.1 Å². The fraction of sp³-hybridized carbons (Fsp3) is 0.276. The second kappa shape index (κ2) is 16.2. The summed E-state index contributed by atoms with van der Waals surface area (Å²) in [5.41, 5.74) is 9.43. The Hall–Kier alpha value is -6.26. The molecule has 6 aromatic carbocycles. The Morgan fingerprint density at radius 2 is 1.31 bits per heavy atom. The molecule has 4 heteroatoms.